The van der Waals surface area contributed by atoms with E-state index in [2.05, 4.69) is 32.5 Å². The van der Waals surface area contributed by atoms with Crippen molar-refractivity contribution in [3.8, 4) is 5.75 Å². The molecule has 0 spiro atoms. The summed E-state index contributed by atoms with van der Waals surface area (Å²) in [5, 5.41) is 10.1. The van der Waals surface area contributed by atoms with Gasteiger partial charge >= 0.3 is 0 Å². The van der Waals surface area contributed by atoms with Gasteiger partial charge < -0.3 is 5.11 Å². The summed E-state index contributed by atoms with van der Waals surface area (Å²) in [5.74, 6) is 0.424. The summed E-state index contributed by atoms with van der Waals surface area (Å²) >= 11 is 4.62. The number of thiol groups is 1. The highest BCUT2D eigenvalue weighted by Crippen LogP contribution is 2.34. The van der Waals surface area contributed by atoms with Gasteiger partial charge in [0.05, 0.1) is 0 Å². The molecule has 0 aliphatic rings. The predicted molar refractivity (Wildman–Crippen MR) is 69.0 cm³/mol. The molecule has 0 amide bonds. The molecule has 0 fully saturated rings. The van der Waals surface area contributed by atoms with Gasteiger partial charge in [-0.25, -0.2) is 0 Å². The highest BCUT2D eigenvalue weighted by atomic mass is 32.1. The quantitative estimate of drug-likeness (QED) is 0.741. The number of hydrogen-bond donors (Lipinski definition) is 2. The number of phenolic OH excluding ortho intramolecular Hbond substituents is 1. The number of rotatable bonds is 3. The molecule has 0 saturated carbocycles. The van der Waals surface area contributed by atoms with E-state index in [9.17, 15) is 5.11 Å². The molecule has 0 saturated heterocycles. The molecule has 1 aromatic carbocycles. The fourth-order valence-corrected chi connectivity index (χ4v) is 2.40. The molecular weight excluding hydrogens is 204 g/mol. The lowest BCUT2D eigenvalue weighted by atomic mass is 9.95. The first-order valence-corrected chi connectivity index (χ1v) is 5.98. The Bertz CT molecular complexity index is 358. The van der Waals surface area contributed by atoms with Crippen molar-refractivity contribution in [2.45, 2.75) is 45.8 Å². The summed E-state index contributed by atoms with van der Waals surface area (Å²) in [4.78, 5) is 0. The van der Waals surface area contributed by atoms with Gasteiger partial charge in [0, 0.05) is 5.25 Å². The Morgan fingerprint density at radius 3 is 2.40 bits per heavy atom. The Balaban J connectivity index is 3.19. The van der Waals surface area contributed by atoms with Crippen molar-refractivity contribution in [2.24, 2.45) is 0 Å². The van der Waals surface area contributed by atoms with Gasteiger partial charge in [-0.15, -0.1) is 0 Å². The number of hydrogen-bond acceptors (Lipinski definition) is 2. The maximum Gasteiger partial charge on any atom is 0.121 e. The van der Waals surface area contributed by atoms with Crippen LogP contribution in [-0.4, -0.2) is 5.11 Å². The van der Waals surface area contributed by atoms with Crippen LogP contribution in [0.15, 0.2) is 6.07 Å². The predicted octanol–water partition coefficient (Wildman–Crippen LogP) is 4.09. The average molecular weight is 224 g/mol. The number of benzene rings is 1. The van der Waals surface area contributed by atoms with E-state index in [1.54, 1.807) is 0 Å². The molecule has 2 heteroatoms. The van der Waals surface area contributed by atoms with Crippen molar-refractivity contribution < 1.29 is 5.11 Å². The molecule has 0 bridgehead atoms. The largest absolute Gasteiger partial charge is 0.507 e. The van der Waals surface area contributed by atoms with Crippen LogP contribution >= 0.6 is 12.6 Å². The molecule has 1 unspecified atom stereocenters. The van der Waals surface area contributed by atoms with Crippen LogP contribution in [0.5, 0.6) is 5.75 Å². The van der Waals surface area contributed by atoms with Crippen LogP contribution < -0.4 is 0 Å². The van der Waals surface area contributed by atoms with E-state index in [1.807, 2.05) is 13.8 Å². The van der Waals surface area contributed by atoms with Crippen LogP contribution in [0.2, 0.25) is 0 Å². The van der Waals surface area contributed by atoms with E-state index in [0.717, 1.165) is 24.0 Å². The van der Waals surface area contributed by atoms with Crippen LogP contribution in [0.25, 0.3) is 0 Å². The smallest absolute Gasteiger partial charge is 0.121 e. The first kappa shape index (κ1) is 12.4. The number of aromatic hydroxyl groups is 1. The zero-order chi connectivity index (χ0) is 11.6. The third-order valence-corrected chi connectivity index (χ3v) is 3.55. The molecule has 1 rings (SSSR count). The van der Waals surface area contributed by atoms with Crippen molar-refractivity contribution in [3.63, 3.8) is 0 Å². The maximum atomic E-state index is 9.80. The van der Waals surface area contributed by atoms with Crippen molar-refractivity contribution in [2.75, 3.05) is 0 Å². The van der Waals surface area contributed by atoms with Crippen molar-refractivity contribution in [1.82, 2.24) is 0 Å². The van der Waals surface area contributed by atoms with E-state index in [0.29, 0.717) is 5.75 Å². The molecule has 1 aromatic rings. The summed E-state index contributed by atoms with van der Waals surface area (Å²) in [6.07, 6.45) is 2.21. The minimum absolute atomic E-state index is 0.285. The van der Waals surface area contributed by atoms with Crippen LogP contribution in [0.4, 0.5) is 0 Å². The summed E-state index contributed by atoms with van der Waals surface area (Å²) in [7, 11) is 0. The third kappa shape index (κ3) is 2.49. The Hall–Kier alpha value is -0.630. The Morgan fingerprint density at radius 2 is 1.87 bits per heavy atom. The topological polar surface area (TPSA) is 20.2 Å². The second-order valence-electron chi connectivity index (χ2n) is 4.19. The molecule has 0 aliphatic heterocycles. The Morgan fingerprint density at radius 1 is 1.27 bits per heavy atom. The van der Waals surface area contributed by atoms with Gasteiger partial charge in [-0.05, 0) is 49.4 Å². The fraction of sp³-hybridized carbons (Fsp3) is 0.538. The van der Waals surface area contributed by atoms with Gasteiger partial charge in [-0.2, -0.15) is 12.6 Å². The molecule has 0 heterocycles. The lowest BCUT2D eigenvalue weighted by Gasteiger charge is -2.17. The first-order valence-electron chi connectivity index (χ1n) is 5.46. The zero-order valence-corrected chi connectivity index (χ0v) is 10.9. The van der Waals surface area contributed by atoms with Crippen LogP contribution in [-0.2, 0) is 0 Å². The monoisotopic (exact) mass is 224 g/mol. The lowest BCUT2D eigenvalue weighted by molar-refractivity contribution is 0.466. The first-order chi connectivity index (χ1) is 6.99. The summed E-state index contributed by atoms with van der Waals surface area (Å²) < 4.78 is 0. The maximum absolute atomic E-state index is 9.80. The SMILES string of the molecule is CCCC(S)c1cc(C)c(O)c(C)c1C. The van der Waals surface area contributed by atoms with Gasteiger partial charge in [-0.1, -0.05) is 19.4 Å². The lowest BCUT2D eigenvalue weighted by Crippen LogP contribution is -1.98. The van der Waals surface area contributed by atoms with Crippen molar-refractivity contribution >= 4 is 12.6 Å². The molecule has 84 valence electrons. The minimum Gasteiger partial charge on any atom is -0.507 e. The van der Waals surface area contributed by atoms with E-state index < -0.39 is 0 Å². The van der Waals surface area contributed by atoms with Gasteiger partial charge in [0.2, 0.25) is 0 Å². The van der Waals surface area contributed by atoms with E-state index in [4.69, 9.17) is 0 Å². The summed E-state index contributed by atoms with van der Waals surface area (Å²) in [5.41, 5.74) is 4.36. The number of phenols is 1. The van der Waals surface area contributed by atoms with Gasteiger partial charge in [0.1, 0.15) is 5.75 Å². The zero-order valence-electron chi connectivity index (χ0n) is 9.96. The second kappa shape index (κ2) is 4.93. The molecule has 0 aromatic heterocycles. The molecule has 0 aliphatic carbocycles. The molecule has 15 heavy (non-hydrogen) atoms. The minimum atomic E-state index is 0.285. The number of aryl methyl sites for hydroxylation is 1. The second-order valence-corrected chi connectivity index (χ2v) is 4.81. The summed E-state index contributed by atoms with van der Waals surface area (Å²) in [6, 6.07) is 2.06. The van der Waals surface area contributed by atoms with Crippen molar-refractivity contribution in [3.05, 3.63) is 28.3 Å². The highest BCUT2D eigenvalue weighted by molar-refractivity contribution is 7.80. The molecule has 1 nitrogen and oxygen atoms in total. The van der Waals surface area contributed by atoms with Gasteiger partial charge in [0.25, 0.3) is 0 Å². The average Bonchev–Trinajstić information content (AvgIpc) is 2.20. The van der Waals surface area contributed by atoms with Crippen LogP contribution in [0.1, 0.15) is 47.3 Å². The van der Waals surface area contributed by atoms with Gasteiger partial charge in [0.15, 0.2) is 0 Å². The van der Waals surface area contributed by atoms with E-state index in [1.165, 1.54) is 11.1 Å². The Kier molecular flexibility index (Phi) is 4.09. The molecule has 1 atom stereocenters. The van der Waals surface area contributed by atoms with Gasteiger partial charge in [-0.3, -0.25) is 0 Å². The summed E-state index contributed by atoms with van der Waals surface area (Å²) in [6.45, 7) is 8.13. The van der Waals surface area contributed by atoms with Crippen LogP contribution in [0, 0.1) is 20.8 Å². The molecular formula is C13H20OS. The molecule has 0 radical (unpaired) electrons. The normalized spacial score (nSPS) is 12.9. The highest BCUT2D eigenvalue weighted by Gasteiger charge is 2.14. The van der Waals surface area contributed by atoms with E-state index in [-0.39, 0.29) is 5.25 Å². The molecule has 1 N–H and O–H groups in total. The van der Waals surface area contributed by atoms with Crippen LogP contribution in [0.3, 0.4) is 0 Å². The van der Waals surface area contributed by atoms with Crippen molar-refractivity contribution in [1.29, 1.82) is 0 Å². The fourth-order valence-electron chi connectivity index (χ4n) is 1.87. The standard InChI is InChI=1S/C13H20OS/c1-5-6-12(15)11-7-8(2)13(14)10(4)9(11)3/h7,12,14-15H,5-6H2,1-4H3. The third-order valence-electron chi connectivity index (χ3n) is 3.02. The Labute approximate surface area is 97.9 Å². The van der Waals surface area contributed by atoms with E-state index >= 15 is 0 Å².